The van der Waals surface area contributed by atoms with E-state index < -0.39 is 0 Å². The number of rotatable bonds is 4. The largest absolute Gasteiger partial charge is 0.310 e. The first kappa shape index (κ1) is 13.0. The molecule has 1 aromatic carbocycles. The summed E-state index contributed by atoms with van der Waals surface area (Å²) in [7, 11) is 0. The molecule has 0 aliphatic carbocycles. The lowest BCUT2D eigenvalue weighted by atomic mass is 10.0. The Balaban J connectivity index is 2.35. The predicted molar refractivity (Wildman–Crippen MR) is 74.5 cm³/mol. The van der Waals surface area contributed by atoms with Gasteiger partial charge in [-0.2, -0.15) is 0 Å². The summed E-state index contributed by atoms with van der Waals surface area (Å²) in [5.41, 5.74) is 3.26. The molecule has 0 unspecified atom stereocenters. The van der Waals surface area contributed by atoms with Gasteiger partial charge >= 0.3 is 0 Å². The Hall–Kier alpha value is -1.45. The van der Waals surface area contributed by atoms with Gasteiger partial charge in [0, 0.05) is 35.6 Å². The van der Waals surface area contributed by atoms with Crippen LogP contribution in [0.3, 0.4) is 0 Å². The number of hydrogen-bond donors (Lipinski definition) is 1. The molecule has 0 aliphatic heterocycles. The van der Waals surface area contributed by atoms with Gasteiger partial charge in [-0.15, -0.1) is 0 Å². The van der Waals surface area contributed by atoms with E-state index in [-0.39, 0.29) is 0 Å². The second-order valence-corrected chi connectivity index (χ2v) is 4.90. The van der Waals surface area contributed by atoms with Crippen LogP contribution >= 0.6 is 11.6 Å². The molecular weight excluding hydrogens is 246 g/mol. The van der Waals surface area contributed by atoms with Crippen LogP contribution in [0.15, 0.2) is 36.9 Å². The number of hydrogen-bond acceptors (Lipinski definition) is 3. The maximum atomic E-state index is 6.07. The summed E-state index contributed by atoms with van der Waals surface area (Å²) >= 11 is 6.07. The molecule has 94 valence electrons. The van der Waals surface area contributed by atoms with Crippen LogP contribution in [0.25, 0.3) is 11.1 Å². The minimum Gasteiger partial charge on any atom is -0.310 e. The van der Waals surface area contributed by atoms with Crippen LogP contribution in [0.4, 0.5) is 0 Å². The fraction of sp³-hybridized carbons (Fsp3) is 0.286. The molecule has 1 heterocycles. The molecule has 1 N–H and O–H groups in total. The van der Waals surface area contributed by atoms with Crippen molar-refractivity contribution in [2.24, 2.45) is 0 Å². The van der Waals surface area contributed by atoms with Gasteiger partial charge < -0.3 is 5.32 Å². The third-order valence-corrected chi connectivity index (χ3v) is 2.88. The Morgan fingerprint density at radius 3 is 2.61 bits per heavy atom. The molecular formula is C14H16ClN3. The summed E-state index contributed by atoms with van der Waals surface area (Å²) in [6.07, 6.45) is 5.13. The Morgan fingerprint density at radius 2 is 1.94 bits per heavy atom. The average Bonchev–Trinajstić information content (AvgIpc) is 2.38. The first-order chi connectivity index (χ1) is 8.66. The lowest BCUT2D eigenvalue weighted by Crippen LogP contribution is -2.22. The van der Waals surface area contributed by atoms with E-state index in [0.29, 0.717) is 6.04 Å². The van der Waals surface area contributed by atoms with Crippen molar-refractivity contribution < 1.29 is 0 Å². The molecule has 0 amide bonds. The zero-order chi connectivity index (χ0) is 13.0. The monoisotopic (exact) mass is 261 g/mol. The third-order valence-electron chi connectivity index (χ3n) is 2.64. The highest BCUT2D eigenvalue weighted by Gasteiger charge is 2.07. The molecule has 2 aromatic rings. The van der Waals surface area contributed by atoms with Gasteiger partial charge in [0.2, 0.25) is 0 Å². The fourth-order valence-corrected chi connectivity index (χ4v) is 1.90. The van der Waals surface area contributed by atoms with Gasteiger partial charge in [0.15, 0.2) is 0 Å². The van der Waals surface area contributed by atoms with Crippen molar-refractivity contribution in [1.29, 1.82) is 0 Å². The number of nitrogens with one attached hydrogen (secondary N) is 1. The number of benzene rings is 1. The zero-order valence-electron chi connectivity index (χ0n) is 10.5. The van der Waals surface area contributed by atoms with Crippen molar-refractivity contribution in [3.8, 4) is 11.1 Å². The van der Waals surface area contributed by atoms with Gasteiger partial charge in [-0.25, -0.2) is 9.97 Å². The van der Waals surface area contributed by atoms with Gasteiger partial charge in [-0.1, -0.05) is 31.5 Å². The van der Waals surface area contributed by atoms with E-state index in [1.165, 1.54) is 11.9 Å². The highest BCUT2D eigenvalue weighted by atomic mass is 35.5. The first-order valence-corrected chi connectivity index (χ1v) is 6.32. The van der Waals surface area contributed by atoms with E-state index in [4.69, 9.17) is 11.6 Å². The van der Waals surface area contributed by atoms with Crippen LogP contribution in [-0.4, -0.2) is 16.0 Å². The molecule has 0 radical (unpaired) electrons. The van der Waals surface area contributed by atoms with Crippen molar-refractivity contribution in [2.75, 3.05) is 0 Å². The minimum absolute atomic E-state index is 0.445. The van der Waals surface area contributed by atoms with E-state index in [9.17, 15) is 0 Å². The minimum atomic E-state index is 0.445. The van der Waals surface area contributed by atoms with E-state index in [1.54, 1.807) is 12.4 Å². The Kier molecular flexibility index (Phi) is 4.28. The highest BCUT2D eigenvalue weighted by molar-refractivity contribution is 6.30. The molecule has 0 spiro atoms. The summed E-state index contributed by atoms with van der Waals surface area (Å²) in [6, 6.07) is 6.35. The van der Waals surface area contributed by atoms with Gasteiger partial charge in [0.25, 0.3) is 0 Å². The SMILES string of the molecule is CC(C)NCc1ccc(Cl)cc1-c1cncnc1. The Bertz CT molecular complexity index is 512. The fourth-order valence-electron chi connectivity index (χ4n) is 1.72. The molecule has 0 fully saturated rings. The van der Waals surface area contributed by atoms with Crippen molar-refractivity contribution in [1.82, 2.24) is 15.3 Å². The van der Waals surface area contributed by atoms with Gasteiger partial charge in [-0.05, 0) is 23.3 Å². The topological polar surface area (TPSA) is 37.8 Å². The van der Waals surface area contributed by atoms with Crippen LogP contribution in [-0.2, 0) is 6.54 Å². The quantitative estimate of drug-likeness (QED) is 0.918. The van der Waals surface area contributed by atoms with Gasteiger partial charge in [0.05, 0.1) is 0 Å². The molecule has 18 heavy (non-hydrogen) atoms. The summed E-state index contributed by atoms with van der Waals surface area (Å²) in [4.78, 5) is 8.10. The highest BCUT2D eigenvalue weighted by Crippen LogP contribution is 2.26. The lowest BCUT2D eigenvalue weighted by Gasteiger charge is -2.13. The normalized spacial score (nSPS) is 10.9. The van der Waals surface area contributed by atoms with Crippen LogP contribution in [0, 0.1) is 0 Å². The molecule has 0 aliphatic rings. The van der Waals surface area contributed by atoms with Crippen molar-refractivity contribution in [3.05, 3.63) is 47.5 Å². The van der Waals surface area contributed by atoms with E-state index in [2.05, 4.69) is 29.1 Å². The standard InChI is InChI=1S/C14H16ClN3/c1-10(2)18-8-11-3-4-13(15)5-14(11)12-6-16-9-17-7-12/h3-7,9-10,18H,8H2,1-2H3. The first-order valence-electron chi connectivity index (χ1n) is 5.94. The average molecular weight is 262 g/mol. The smallest absolute Gasteiger partial charge is 0.115 e. The molecule has 0 bridgehead atoms. The van der Waals surface area contributed by atoms with Crippen molar-refractivity contribution in [2.45, 2.75) is 26.4 Å². The maximum absolute atomic E-state index is 6.07. The number of halogens is 1. The second kappa shape index (κ2) is 5.94. The summed E-state index contributed by atoms with van der Waals surface area (Å²) in [5, 5.41) is 4.13. The van der Waals surface area contributed by atoms with Crippen molar-refractivity contribution >= 4 is 11.6 Å². The molecule has 4 heteroatoms. The predicted octanol–water partition coefficient (Wildman–Crippen LogP) is 3.30. The van der Waals surface area contributed by atoms with Crippen LogP contribution in [0.2, 0.25) is 5.02 Å². The summed E-state index contributed by atoms with van der Waals surface area (Å²) in [5.74, 6) is 0. The molecule has 0 atom stereocenters. The molecule has 0 saturated heterocycles. The number of nitrogens with zero attached hydrogens (tertiary/aromatic N) is 2. The molecule has 3 nitrogen and oxygen atoms in total. The number of aromatic nitrogens is 2. The summed E-state index contributed by atoms with van der Waals surface area (Å²) in [6.45, 7) is 5.06. The van der Waals surface area contributed by atoms with Crippen LogP contribution in [0.5, 0.6) is 0 Å². The van der Waals surface area contributed by atoms with E-state index in [1.807, 2.05) is 18.2 Å². The zero-order valence-corrected chi connectivity index (χ0v) is 11.3. The van der Waals surface area contributed by atoms with Gasteiger partial charge in [-0.3, -0.25) is 0 Å². The lowest BCUT2D eigenvalue weighted by molar-refractivity contribution is 0.589. The van der Waals surface area contributed by atoms with Gasteiger partial charge in [0.1, 0.15) is 6.33 Å². The molecule has 0 saturated carbocycles. The van der Waals surface area contributed by atoms with E-state index in [0.717, 1.165) is 22.7 Å². The maximum Gasteiger partial charge on any atom is 0.115 e. The van der Waals surface area contributed by atoms with Crippen molar-refractivity contribution in [3.63, 3.8) is 0 Å². The second-order valence-electron chi connectivity index (χ2n) is 4.46. The van der Waals surface area contributed by atoms with Crippen LogP contribution in [0.1, 0.15) is 19.4 Å². The molecule has 2 rings (SSSR count). The Labute approximate surface area is 112 Å². The Morgan fingerprint density at radius 1 is 1.22 bits per heavy atom. The van der Waals surface area contributed by atoms with E-state index >= 15 is 0 Å². The third kappa shape index (κ3) is 3.28. The van der Waals surface area contributed by atoms with Crippen LogP contribution < -0.4 is 5.32 Å². The summed E-state index contributed by atoms with van der Waals surface area (Å²) < 4.78 is 0. The molecule has 1 aromatic heterocycles.